The van der Waals surface area contributed by atoms with Crippen LogP contribution in [0.15, 0.2) is 23.6 Å². The predicted octanol–water partition coefficient (Wildman–Crippen LogP) is 3.93. The number of carboxylic acid groups (broad SMARTS) is 1. The lowest BCUT2D eigenvalue weighted by Gasteiger charge is -2.23. The van der Waals surface area contributed by atoms with E-state index in [1.807, 2.05) is 6.07 Å². The lowest BCUT2D eigenvalue weighted by molar-refractivity contribution is 0.0691. The van der Waals surface area contributed by atoms with Crippen molar-refractivity contribution in [3.05, 3.63) is 45.4 Å². The zero-order chi connectivity index (χ0) is 16.3. The SMILES string of the molecule is CCc1ccc(OC)c(CC(C)(C)c2nc(C(=O)O)cs2)c1. The third kappa shape index (κ3) is 3.47. The highest BCUT2D eigenvalue weighted by atomic mass is 32.1. The number of methoxy groups -OCH3 is 1. The first-order chi connectivity index (χ1) is 10.4. The van der Waals surface area contributed by atoms with Gasteiger partial charge in [-0.25, -0.2) is 9.78 Å². The first-order valence-electron chi connectivity index (χ1n) is 7.22. The van der Waals surface area contributed by atoms with Crippen molar-refractivity contribution in [3.8, 4) is 5.75 Å². The number of hydrogen-bond acceptors (Lipinski definition) is 4. The molecule has 4 nitrogen and oxygen atoms in total. The van der Waals surface area contributed by atoms with Crippen molar-refractivity contribution >= 4 is 17.3 Å². The Morgan fingerprint density at radius 2 is 2.14 bits per heavy atom. The van der Waals surface area contributed by atoms with Gasteiger partial charge in [0, 0.05) is 10.8 Å². The quantitative estimate of drug-likeness (QED) is 0.876. The highest BCUT2D eigenvalue weighted by molar-refractivity contribution is 7.10. The first-order valence-corrected chi connectivity index (χ1v) is 8.10. The van der Waals surface area contributed by atoms with Crippen molar-refractivity contribution < 1.29 is 14.6 Å². The molecule has 0 saturated heterocycles. The Hall–Kier alpha value is -1.88. The van der Waals surface area contributed by atoms with Gasteiger partial charge in [-0.3, -0.25) is 0 Å². The van der Waals surface area contributed by atoms with E-state index in [2.05, 4.69) is 37.9 Å². The molecule has 0 fully saturated rings. The molecule has 0 amide bonds. The van der Waals surface area contributed by atoms with Crippen molar-refractivity contribution in [2.45, 2.75) is 39.0 Å². The molecule has 5 heteroatoms. The second-order valence-corrected chi connectivity index (χ2v) is 6.76. The van der Waals surface area contributed by atoms with Crippen LogP contribution in [0, 0.1) is 0 Å². The van der Waals surface area contributed by atoms with Crippen LogP contribution in [0.4, 0.5) is 0 Å². The fourth-order valence-corrected chi connectivity index (χ4v) is 3.34. The number of nitrogens with zero attached hydrogens (tertiary/aromatic N) is 1. The zero-order valence-electron chi connectivity index (χ0n) is 13.3. The Bertz CT molecular complexity index is 676. The smallest absolute Gasteiger partial charge is 0.355 e. The molecule has 0 bridgehead atoms. The van der Waals surface area contributed by atoms with E-state index in [1.54, 1.807) is 12.5 Å². The Balaban J connectivity index is 2.32. The van der Waals surface area contributed by atoms with E-state index in [0.717, 1.165) is 29.2 Å². The van der Waals surface area contributed by atoms with Gasteiger partial charge in [-0.2, -0.15) is 0 Å². The summed E-state index contributed by atoms with van der Waals surface area (Å²) in [6, 6.07) is 6.22. The maximum absolute atomic E-state index is 11.0. The number of carboxylic acids is 1. The summed E-state index contributed by atoms with van der Waals surface area (Å²) in [6.45, 7) is 6.28. The van der Waals surface area contributed by atoms with Crippen molar-refractivity contribution in [1.82, 2.24) is 4.98 Å². The largest absolute Gasteiger partial charge is 0.496 e. The van der Waals surface area contributed by atoms with Gasteiger partial charge in [-0.05, 0) is 30.0 Å². The monoisotopic (exact) mass is 319 g/mol. The van der Waals surface area contributed by atoms with E-state index < -0.39 is 5.97 Å². The molecular formula is C17H21NO3S. The summed E-state index contributed by atoms with van der Waals surface area (Å²) in [6.07, 6.45) is 1.72. The second-order valence-electron chi connectivity index (χ2n) is 5.90. The summed E-state index contributed by atoms with van der Waals surface area (Å²) in [5.41, 5.74) is 2.25. The minimum atomic E-state index is -0.983. The summed E-state index contributed by atoms with van der Waals surface area (Å²) in [5, 5.41) is 11.5. The van der Waals surface area contributed by atoms with Crippen LogP contribution in [0.2, 0.25) is 0 Å². The lowest BCUT2D eigenvalue weighted by atomic mass is 9.85. The standard InChI is InChI=1S/C17H21NO3S/c1-5-11-6-7-14(21-4)12(8-11)9-17(2,3)16-18-13(10-22-16)15(19)20/h6-8,10H,5,9H2,1-4H3,(H,19,20). The molecule has 0 aliphatic rings. The van der Waals surface area contributed by atoms with Crippen LogP contribution in [-0.4, -0.2) is 23.2 Å². The molecule has 0 atom stereocenters. The fourth-order valence-electron chi connectivity index (χ4n) is 2.42. The first kappa shape index (κ1) is 16.5. The topological polar surface area (TPSA) is 59.4 Å². The third-order valence-corrected chi connectivity index (χ3v) is 4.90. The number of aromatic nitrogens is 1. The molecule has 1 aromatic heterocycles. The highest BCUT2D eigenvalue weighted by Crippen LogP contribution is 2.33. The van der Waals surface area contributed by atoms with Crippen LogP contribution in [0.5, 0.6) is 5.75 Å². The second kappa shape index (κ2) is 6.48. The zero-order valence-corrected chi connectivity index (χ0v) is 14.2. The van der Waals surface area contributed by atoms with Gasteiger partial charge in [0.2, 0.25) is 0 Å². The molecule has 1 N–H and O–H groups in total. The van der Waals surface area contributed by atoms with Crippen LogP contribution in [-0.2, 0) is 18.3 Å². The van der Waals surface area contributed by atoms with Gasteiger partial charge in [-0.1, -0.05) is 32.9 Å². The Morgan fingerprint density at radius 1 is 1.41 bits per heavy atom. The maximum atomic E-state index is 11.0. The van der Waals surface area contributed by atoms with Gasteiger partial charge >= 0.3 is 5.97 Å². The number of ether oxygens (including phenoxy) is 1. The van der Waals surface area contributed by atoms with Gasteiger partial charge in [0.05, 0.1) is 12.1 Å². The van der Waals surface area contributed by atoms with E-state index >= 15 is 0 Å². The summed E-state index contributed by atoms with van der Waals surface area (Å²) < 4.78 is 5.46. The van der Waals surface area contributed by atoms with Crippen LogP contribution >= 0.6 is 11.3 Å². The molecule has 0 radical (unpaired) electrons. The summed E-state index contributed by atoms with van der Waals surface area (Å²) >= 11 is 1.39. The molecule has 0 aliphatic heterocycles. The van der Waals surface area contributed by atoms with Crippen LogP contribution in [0.25, 0.3) is 0 Å². The van der Waals surface area contributed by atoms with E-state index in [0.29, 0.717) is 0 Å². The number of aromatic carboxylic acids is 1. The number of aryl methyl sites for hydroxylation is 1. The third-order valence-electron chi connectivity index (χ3n) is 3.69. The van der Waals surface area contributed by atoms with Gasteiger partial charge in [0.25, 0.3) is 0 Å². The van der Waals surface area contributed by atoms with Crippen LogP contribution in [0.1, 0.15) is 47.4 Å². The summed E-state index contributed by atoms with van der Waals surface area (Å²) in [5.74, 6) is -0.121. The Labute approximate surface area is 134 Å². The van der Waals surface area contributed by atoms with E-state index in [-0.39, 0.29) is 11.1 Å². The minimum Gasteiger partial charge on any atom is -0.496 e. The number of hydrogen-bond donors (Lipinski definition) is 1. The molecule has 0 aliphatic carbocycles. The Morgan fingerprint density at radius 3 is 2.68 bits per heavy atom. The van der Waals surface area contributed by atoms with Gasteiger partial charge in [0.15, 0.2) is 5.69 Å². The Kier molecular flexibility index (Phi) is 4.86. The van der Waals surface area contributed by atoms with Crippen molar-refractivity contribution in [2.75, 3.05) is 7.11 Å². The van der Waals surface area contributed by atoms with Crippen molar-refractivity contribution in [2.24, 2.45) is 0 Å². The molecule has 0 saturated carbocycles. The van der Waals surface area contributed by atoms with E-state index in [4.69, 9.17) is 9.84 Å². The van der Waals surface area contributed by atoms with Crippen molar-refractivity contribution in [3.63, 3.8) is 0 Å². The van der Waals surface area contributed by atoms with Crippen LogP contribution < -0.4 is 4.74 Å². The molecular weight excluding hydrogens is 298 g/mol. The van der Waals surface area contributed by atoms with E-state index in [1.165, 1.54) is 16.9 Å². The highest BCUT2D eigenvalue weighted by Gasteiger charge is 2.27. The number of thiazole rings is 1. The minimum absolute atomic E-state index is 0.113. The molecule has 118 valence electrons. The lowest BCUT2D eigenvalue weighted by Crippen LogP contribution is -2.21. The molecule has 1 aromatic carbocycles. The average molecular weight is 319 g/mol. The van der Waals surface area contributed by atoms with Crippen molar-refractivity contribution in [1.29, 1.82) is 0 Å². The van der Waals surface area contributed by atoms with Gasteiger partial charge in [-0.15, -0.1) is 11.3 Å². The molecule has 1 heterocycles. The average Bonchev–Trinajstić information content (AvgIpc) is 2.97. The molecule has 0 unspecified atom stereocenters. The number of rotatable bonds is 6. The molecule has 2 rings (SSSR count). The summed E-state index contributed by atoms with van der Waals surface area (Å²) in [4.78, 5) is 15.3. The fraction of sp³-hybridized carbons (Fsp3) is 0.412. The normalized spacial score (nSPS) is 11.5. The molecule has 2 aromatic rings. The maximum Gasteiger partial charge on any atom is 0.355 e. The van der Waals surface area contributed by atoms with E-state index in [9.17, 15) is 4.79 Å². The molecule has 0 spiro atoms. The van der Waals surface area contributed by atoms with Crippen LogP contribution in [0.3, 0.4) is 0 Å². The molecule has 22 heavy (non-hydrogen) atoms. The predicted molar refractivity (Wildman–Crippen MR) is 88.2 cm³/mol. The number of benzene rings is 1. The van der Waals surface area contributed by atoms with Gasteiger partial charge in [0.1, 0.15) is 5.75 Å². The summed E-state index contributed by atoms with van der Waals surface area (Å²) in [7, 11) is 1.67. The number of carbonyl (C=O) groups is 1. The van der Waals surface area contributed by atoms with Gasteiger partial charge < -0.3 is 9.84 Å².